The highest BCUT2D eigenvalue weighted by atomic mass is 16.7. The minimum absolute atomic E-state index is 0.153. The molecule has 0 amide bonds. The fourth-order valence-corrected chi connectivity index (χ4v) is 5.95. The standard InChI is InChI=1S/C30H32N2O8/c1-16(33)38-20-13-12-17(14-21(20)37-7)22-23(25(34)28(2,3)4)32-24(19-11-9-8-10-18(19)15-31-32)30(22)26(35)39-29(5,6)40-27(30)36/h8-15,22-24H,1-7H3/t22-,23+,24-/m0/s1. The molecule has 210 valence electrons. The summed E-state index contributed by atoms with van der Waals surface area (Å²) in [6.45, 7) is 9.57. The fourth-order valence-electron chi connectivity index (χ4n) is 5.95. The van der Waals surface area contributed by atoms with Crippen molar-refractivity contribution in [2.24, 2.45) is 15.9 Å². The number of Topliss-reactive ketones (excluding diaryl/α,β-unsaturated/α-hetero) is 1. The van der Waals surface area contributed by atoms with E-state index in [-0.39, 0.29) is 17.3 Å². The van der Waals surface area contributed by atoms with Crippen LogP contribution in [-0.4, -0.2) is 53.9 Å². The summed E-state index contributed by atoms with van der Waals surface area (Å²) in [5.41, 5.74) is -1.09. The van der Waals surface area contributed by atoms with Crippen molar-refractivity contribution >= 4 is 29.9 Å². The Balaban J connectivity index is 1.83. The van der Waals surface area contributed by atoms with Gasteiger partial charge in [0, 0.05) is 32.1 Å². The smallest absolute Gasteiger partial charge is 0.330 e. The molecule has 2 aromatic carbocycles. The number of hydrogen-bond acceptors (Lipinski definition) is 10. The van der Waals surface area contributed by atoms with Gasteiger partial charge >= 0.3 is 17.9 Å². The third-order valence-corrected chi connectivity index (χ3v) is 7.57. The molecule has 3 aliphatic rings. The van der Waals surface area contributed by atoms with Crippen LogP contribution < -0.4 is 9.47 Å². The number of cyclic esters (lactones) is 2. The number of methoxy groups -OCH3 is 1. The highest BCUT2D eigenvalue weighted by Gasteiger charge is 2.75. The number of ether oxygens (including phenoxy) is 4. The lowest BCUT2D eigenvalue weighted by Gasteiger charge is -2.44. The SMILES string of the molecule is COc1cc([C@H]2[C@H](C(=O)C(C)(C)C)N3N=Cc4ccccc4[C@H]3C23C(=O)OC(C)(C)OC3=O)ccc1OC(C)=O. The summed E-state index contributed by atoms with van der Waals surface area (Å²) in [5.74, 6) is -4.66. The first-order chi connectivity index (χ1) is 18.7. The van der Waals surface area contributed by atoms with Crippen LogP contribution in [0.3, 0.4) is 0 Å². The van der Waals surface area contributed by atoms with Crippen molar-refractivity contribution < 1.29 is 38.1 Å². The maximum absolute atomic E-state index is 14.3. The number of carbonyl (C=O) groups excluding carboxylic acids is 4. The van der Waals surface area contributed by atoms with Crippen LogP contribution in [-0.2, 0) is 28.7 Å². The molecule has 1 spiro atoms. The van der Waals surface area contributed by atoms with Crippen LogP contribution >= 0.6 is 0 Å². The third-order valence-electron chi connectivity index (χ3n) is 7.57. The molecule has 0 N–H and O–H groups in total. The molecule has 3 heterocycles. The third kappa shape index (κ3) is 4.04. The number of benzene rings is 2. The van der Waals surface area contributed by atoms with Gasteiger partial charge in [-0.1, -0.05) is 51.1 Å². The normalized spacial score (nSPS) is 24.1. The van der Waals surface area contributed by atoms with Gasteiger partial charge in [-0.3, -0.25) is 24.2 Å². The van der Waals surface area contributed by atoms with E-state index in [2.05, 4.69) is 5.10 Å². The van der Waals surface area contributed by atoms with Crippen LogP contribution in [0.25, 0.3) is 0 Å². The molecule has 2 aromatic rings. The van der Waals surface area contributed by atoms with Crippen molar-refractivity contribution in [1.29, 1.82) is 0 Å². The van der Waals surface area contributed by atoms with Gasteiger partial charge in [-0.2, -0.15) is 5.10 Å². The molecule has 10 nitrogen and oxygen atoms in total. The topological polar surface area (TPSA) is 121 Å². The zero-order valence-electron chi connectivity index (χ0n) is 23.5. The van der Waals surface area contributed by atoms with Gasteiger partial charge in [-0.25, -0.2) is 0 Å². The molecule has 0 bridgehead atoms. The highest BCUT2D eigenvalue weighted by Crippen LogP contribution is 2.63. The van der Waals surface area contributed by atoms with E-state index < -0.39 is 52.5 Å². The minimum atomic E-state index is -2.00. The second-order valence-corrected chi connectivity index (χ2v) is 11.7. The number of hydrogen-bond donors (Lipinski definition) is 0. The number of nitrogens with zero attached hydrogens (tertiary/aromatic N) is 2. The molecule has 2 fully saturated rings. The maximum Gasteiger partial charge on any atom is 0.330 e. The lowest BCUT2D eigenvalue weighted by Crippen LogP contribution is -2.58. The highest BCUT2D eigenvalue weighted by molar-refractivity contribution is 6.07. The first-order valence-corrected chi connectivity index (χ1v) is 13.0. The van der Waals surface area contributed by atoms with E-state index in [1.807, 2.05) is 18.2 Å². The minimum Gasteiger partial charge on any atom is -0.493 e. The molecule has 2 saturated heterocycles. The summed E-state index contributed by atoms with van der Waals surface area (Å²) in [5, 5.41) is 6.20. The van der Waals surface area contributed by atoms with E-state index in [1.165, 1.54) is 33.9 Å². The van der Waals surface area contributed by atoms with Crippen LogP contribution in [0, 0.1) is 10.8 Å². The largest absolute Gasteiger partial charge is 0.493 e. The molecule has 0 saturated carbocycles. The van der Waals surface area contributed by atoms with Gasteiger partial charge in [-0.15, -0.1) is 0 Å². The molecule has 0 unspecified atom stereocenters. The van der Waals surface area contributed by atoms with E-state index in [9.17, 15) is 19.2 Å². The van der Waals surface area contributed by atoms with E-state index in [4.69, 9.17) is 18.9 Å². The van der Waals surface area contributed by atoms with Crippen molar-refractivity contribution in [3.05, 3.63) is 59.2 Å². The maximum atomic E-state index is 14.3. The number of hydrazone groups is 1. The number of ketones is 1. The Hall–Kier alpha value is -4.21. The molecular weight excluding hydrogens is 516 g/mol. The predicted molar refractivity (Wildman–Crippen MR) is 143 cm³/mol. The predicted octanol–water partition coefficient (Wildman–Crippen LogP) is 3.91. The molecular formula is C30H32N2O8. The van der Waals surface area contributed by atoms with Crippen LogP contribution in [0.5, 0.6) is 11.5 Å². The van der Waals surface area contributed by atoms with E-state index in [0.29, 0.717) is 16.7 Å². The Kier molecular flexibility index (Phi) is 6.28. The number of esters is 3. The van der Waals surface area contributed by atoms with Crippen molar-refractivity contribution in [1.82, 2.24) is 5.01 Å². The first kappa shape index (κ1) is 27.4. The summed E-state index contributed by atoms with van der Waals surface area (Å²) in [6.07, 6.45) is 1.62. The van der Waals surface area contributed by atoms with Gasteiger partial charge in [-0.05, 0) is 28.8 Å². The van der Waals surface area contributed by atoms with E-state index >= 15 is 0 Å². The molecule has 0 radical (unpaired) electrons. The quantitative estimate of drug-likeness (QED) is 0.318. The average Bonchev–Trinajstić information content (AvgIpc) is 3.18. The molecule has 3 atom stereocenters. The summed E-state index contributed by atoms with van der Waals surface area (Å²) in [6, 6.07) is 9.93. The molecule has 0 aliphatic carbocycles. The van der Waals surface area contributed by atoms with Gasteiger partial charge in [0.25, 0.3) is 5.79 Å². The van der Waals surface area contributed by atoms with Crippen LogP contribution in [0.2, 0.25) is 0 Å². The summed E-state index contributed by atoms with van der Waals surface area (Å²) in [4.78, 5) is 54.4. The van der Waals surface area contributed by atoms with Crippen LogP contribution in [0.15, 0.2) is 47.6 Å². The van der Waals surface area contributed by atoms with E-state index in [1.54, 1.807) is 50.2 Å². The number of rotatable bonds is 4. The zero-order valence-corrected chi connectivity index (χ0v) is 23.5. The van der Waals surface area contributed by atoms with Crippen molar-refractivity contribution in [2.45, 2.75) is 65.3 Å². The van der Waals surface area contributed by atoms with E-state index in [0.717, 1.165) is 0 Å². The Morgan fingerprint density at radius 3 is 2.25 bits per heavy atom. The monoisotopic (exact) mass is 548 g/mol. The number of carbonyl (C=O) groups is 4. The lowest BCUT2D eigenvalue weighted by molar-refractivity contribution is -0.254. The Bertz CT molecular complexity index is 1430. The van der Waals surface area contributed by atoms with Gasteiger partial charge in [0.05, 0.1) is 13.3 Å². The van der Waals surface area contributed by atoms with Gasteiger partial charge in [0.2, 0.25) is 5.41 Å². The second kappa shape index (κ2) is 9.18. The summed E-state index contributed by atoms with van der Waals surface area (Å²) in [7, 11) is 1.41. The Morgan fingerprint density at radius 2 is 1.65 bits per heavy atom. The molecule has 40 heavy (non-hydrogen) atoms. The van der Waals surface area contributed by atoms with Gasteiger partial charge in [0.15, 0.2) is 17.3 Å². The molecule has 5 rings (SSSR count). The lowest BCUT2D eigenvalue weighted by atomic mass is 9.64. The Morgan fingerprint density at radius 1 is 1.00 bits per heavy atom. The second-order valence-electron chi connectivity index (χ2n) is 11.7. The molecule has 0 aromatic heterocycles. The Labute approximate surface area is 232 Å². The van der Waals surface area contributed by atoms with Crippen LogP contribution in [0.4, 0.5) is 0 Å². The first-order valence-electron chi connectivity index (χ1n) is 13.0. The fraction of sp³-hybridized carbons (Fsp3) is 0.433. The van der Waals surface area contributed by atoms with Gasteiger partial charge < -0.3 is 18.9 Å². The van der Waals surface area contributed by atoms with Crippen molar-refractivity contribution in [3.63, 3.8) is 0 Å². The summed E-state index contributed by atoms with van der Waals surface area (Å²) >= 11 is 0. The summed E-state index contributed by atoms with van der Waals surface area (Å²) < 4.78 is 22.3. The zero-order chi connectivity index (χ0) is 29.2. The van der Waals surface area contributed by atoms with Gasteiger partial charge in [0.1, 0.15) is 12.1 Å². The van der Waals surface area contributed by atoms with Crippen LogP contribution in [0.1, 0.15) is 70.2 Å². The molecule has 10 heteroatoms. The van der Waals surface area contributed by atoms with Crippen molar-refractivity contribution in [2.75, 3.05) is 7.11 Å². The average molecular weight is 549 g/mol. The van der Waals surface area contributed by atoms with Crippen molar-refractivity contribution in [3.8, 4) is 11.5 Å². The molecule has 3 aliphatic heterocycles. The number of fused-ring (bicyclic) bond motifs is 4.